The number of rotatable bonds is 7. The first-order valence-electron chi connectivity index (χ1n) is 8.10. The molecule has 3 aromatic rings. The van der Waals surface area contributed by atoms with Gasteiger partial charge in [-0.3, -0.25) is 14.5 Å². The van der Waals surface area contributed by atoms with E-state index in [1.54, 1.807) is 24.2 Å². The molecular formula is C19H20N4OS. The highest BCUT2D eigenvalue weighted by atomic mass is 32.2. The Morgan fingerprint density at radius 2 is 1.92 bits per heavy atom. The average molecular weight is 352 g/mol. The van der Waals surface area contributed by atoms with E-state index in [1.807, 2.05) is 48.1 Å². The minimum atomic E-state index is 0.0412. The van der Waals surface area contributed by atoms with E-state index in [-0.39, 0.29) is 5.91 Å². The monoisotopic (exact) mass is 352 g/mol. The summed E-state index contributed by atoms with van der Waals surface area (Å²) in [4.78, 5) is 17.2. The Labute approximate surface area is 151 Å². The van der Waals surface area contributed by atoms with Crippen LogP contribution in [0.3, 0.4) is 0 Å². The van der Waals surface area contributed by atoms with Crippen LogP contribution in [0, 0.1) is 0 Å². The van der Waals surface area contributed by atoms with Gasteiger partial charge in [-0.25, -0.2) is 0 Å². The van der Waals surface area contributed by atoms with E-state index in [0.29, 0.717) is 13.0 Å². The Kier molecular flexibility index (Phi) is 5.85. The van der Waals surface area contributed by atoms with Crippen molar-refractivity contribution in [2.75, 3.05) is 5.75 Å². The fourth-order valence-corrected chi connectivity index (χ4v) is 3.33. The van der Waals surface area contributed by atoms with E-state index in [2.05, 4.69) is 27.5 Å². The maximum Gasteiger partial charge on any atom is 0.221 e. The van der Waals surface area contributed by atoms with Crippen LogP contribution in [0.1, 0.15) is 12.1 Å². The van der Waals surface area contributed by atoms with Crippen LogP contribution >= 0.6 is 11.8 Å². The summed E-state index contributed by atoms with van der Waals surface area (Å²) >= 11 is 1.69. The van der Waals surface area contributed by atoms with Gasteiger partial charge in [0, 0.05) is 42.1 Å². The number of pyridine rings is 1. The number of benzene rings is 1. The molecule has 128 valence electrons. The fourth-order valence-electron chi connectivity index (χ4n) is 2.46. The highest BCUT2D eigenvalue weighted by Crippen LogP contribution is 2.19. The van der Waals surface area contributed by atoms with Gasteiger partial charge in [-0.15, -0.1) is 11.8 Å². The van der Waals surface area contributed by atoms with Gasteiger partial charge in [0.2, 0.25) is 5.91 Å². The van der Waals surface area contributed by atoms with Gasteiger partial charge in [0.05, 0.1) is 17.9 Å². The van der Waals surface area contributed by atoms with Crippen molar-refractivity contribution in [3.05, 3.63) is 66.6 Å². The zero-order chi connectivity index (χ0) is 17.5. The van der Waals surface area contributed by atoms with Crippen LogP contribution in [0.15, 0.2) is 65.8 Å². The summed E-state index contributed by atoms with van der Waals surface area (Å²) in [5.74, 6) is 0.805. The molecule has 0 atom stereocenters. The fraction of sp³-hybridized carbons (Fsp3) is 0.211. The van der Waals surface area contributed by atoms with Crippen molar-refractivity contribution in [1.29, 1.82) is 0 Å². The quantitative estimate of drug-likeness (QED) is 0.663. The molecule has 0 saturated carbocycles. The zero-order valence-electron chi connectivity index (χ0n) is 14.1. The normalized spacial score (nSPS) is 10.6. The minimum Gasteiger partial charge on any atom is -0.350 e. The molecule has 3 rings (SSSR count). The summed E-state index contributed by atoms with van der Waals surface area (Å²) in [5, 5.41) is 7.40. The lowest BCUT2D eigenvalue weighted by molar-refractivity contribution is -0.120. The number of aromatic nitrogens is 3. The van der Waals surface area contributed by atoms with Crippen molar-refractivity contribution in [3.8, 4) is 11.3 Å². The van der Waals surface area contributed by atoms with Gasteiger partial charge in [0.25, 0.3) is 0 Å². The highest BCUT2D eigenvalue weighted by Gasteiger charge is 2.08. The Balaban J connectivity index is 1.48. The lowest BCUT2D eigenvalue weighted by Crippen LogP contribution is -2.23. The van der Waals surface area contributed by atoms with Gasteiger partial charge in [-0.1, -0.05) is 18.2 Å². The van der Waals surface area contributed by atoms with Gasteiger partial charge in [-0.05, 0) is 30.3 Å². The summed E-state index contributed by atoms with van der Waals surface area (Å²) in [6, 6.07) is 16.0. The molecule has 6 heteroatoms. The number of hydrogen-bond acceptors (Lipinski definition) is 4. The number of carbonyl (C=O) groups excluding carboxylic acids is 1. The second-order valence-corrected chi connectivity index (χ2v) is 6.74. The third-order valence-corrected chi connectivity index (χ3v) is 4.73. The van der Waals surface area contributed by atoms with Crippen LogP contribution in [-0.4, -0.2) is 26.4 Å². The van der Waals surface area contributed by atoms with Gasteiger partial charge < -0.3 is 5.32 Å². The van der Waals surface area contributed by atoms with E-state index in [0.717, 1.165) is 22.7 Å². The standard InChI is InChI=1S/C19H20N4OS/c1-23-18(15-7-10-20-11-8-15)13-16(22-23)14-21-19(24)9-12-25-17-5-3-2-4-6-17/h2-8,10-11,13H,9,12,14H2,1H3,(H,21,24). The molecule has 1 amide bonds. The van der Waals surface area contributed by atoms with Crippen molar-refractivity contribution < 1.29 is 4.79 Å². The molecule has 0 aliphatic heterocycles. The summed E-state index contributed by atoms with van der Waals surface area (Å²) in [6.45, 7) is 0.438. The molecule has 0 fully saturated rings. The third-order valence-electron chi connectivity index (χ3n) is 3.71. The molecular weight excluding hydrogens is 332 g/mol. The van der Waals surface area contributed by atoms with E-state index in [4.69, 9.17) is 0 Å². The van der Waals surface area contributed by atoms with Crippen LogP contribution < -0.4 is 5.32 Å². The molecule has 1 N–H and O–H groups in total. The molecule has 0 unspecified atom stereocenters. The lowest BCUT2D eigenvalue weighted by atomic mass is 10.2. The van der Waals surface area contributed by atoms with Crippen molar-refractivity contribution in [2.24, 2.45) is 7.05 Å². The average Bonchev–Trinajstić information content (AvgIpc) is 3.02. The smallest absolute Gasteiger partial charge is 0.221 e. The van der Waals surface area contributed by atoms with E-state index < -0.39 is 0 Å². The molecule has 2 heterocycles. The predicted molar refractivity (Wildman–Crippen MR) is 100 cm³/mol. The molecule has 0 saturated heterocycles. The molecule has 0 aliphatic rings. The topological polar surface area (TPSA) is 59.8 Å². The summed E-state index contributed by atoms with van der Waals surface area (Å²) in [6.07, 6.45) is 4.01. The second kappa shape index (κ2) is 8.48. The van der Waals surface area contributed by atoms with Gasteiger partial charge in [0.15, 0.2) is 0 Å². The number of aryl methyl sites for hydroxylation is 1. The predicted octanol–water partition coefficient (Wildman–Crippen LogP) is 3.28. The maximum atomic E-state index is 12.0. The summed E-state index contributed by atoms with van der Waals surface area (Å²) < 4.78 is 1.82. The SMILES string of the molecule is Cn1nc(CNC(=O)CCSc2ccccc2)cc1-c1ccncc1. The number of nitrogens with zero attached hydrogens (tertiary/aromatic N) is 3. The second-order valence-electron chi connectivity index (χ2n) is 5.57. The van der Waals surface area contributed by atoms with Crippen LogP contribution in [0.25, 0.3) is 11.3 Å². The van der Waals surface area contributed by atoms with Crippen molar-refractivity contribution in [2.45, 2.75) is 17.9 Å². The van der Waals surface area contributed by atoms with Crippen molar-refractivity contribution in [3.63, 3.8) is 0 Å². The minimum absolute atomic E-state index is 0.0412. The van der Waals surface area contributed by atoms with E-state index in [9.17, 15) is 4.79 Å². The number of amides is 1. The lowest BCUT2D eigenvalue weighted by Gasteiger charge is -2.03. The van der Waals surface area contributed by atoms with Crippen LogP contribution in [0.2, 0.25) is 0 Å². The Bertz CT molecular complexity index is 818. The molecule has 0 spiro atoms. The molecule has 0 radical (unpaired) electrons. The largest absolute Gasteiger partial charge is 0.350 e. The zero-order valence-corrected chi connectivity index (χ0v) is 14.9. The third kappa shape index (κ3) is 4.93. The van der Waals surface area contributed by atoms with Crippen molar-refractivity contribution in [1.82, 2.24) is 20.1 Å². The van der Waals surface area contributed by atoms with Crippen LogP contribution in [0.5, 0.6) is 0 Å². The number of thioether (sulfide) groups is 1. The van der Waals surface area contributed by atoms with Gasteiger partial charge in [-0.2, -0.15) is 5.10 Å². The number of hydrogen-bond donors (Lipinski definition) is 1. The number of nitrogens with one attached hydrogen (secondary N) is 1. The van der Waals surface area contributed by atoms with Crippen LogP contribution in [0.4, 0.5) is 0 Å². The molecule has 5 nitrogen and oxygen atoms in total. The first-order valence-corrected chi connectivity index (χ1v) is 9.09. The first kappa shape index (κ1) is 17.2. The number of carbonyl (C=O) groups is 1. The molecule has 0 aliphatic carbocycles. The Morgan fingerprint density at radius 1 is 1.16 bits per heavy atom. The van der Waals surface area contributed by atoms with E-state index in [1.165, 1.54) is 4.90 Å². The van der Waals surface area contributed by atoms with Gasteiger partial charge in [0.1, 0.15) is 0 Å². The highest BCUT2D eigenvalue weighted by molar-refractivity contribution is 7.99. The molecule has 2 aromatic heterocycles. The maximum absolute atomic E-state index is 12.0. The Hall–Kier alpha value is -2.60. The molecule has 0 bridgehead atoms. The summed E-state index contributed by atoms with van der Waals surface area (Å²) in [7, 11) is 1.90. The van der Waals surface area contributed by atoms with Gasteiger partial charge >= 0.3 is 0 Å². The van der Waals surface area contributed by atoms with Crippen LogP contribution in [-0.2, 0) is 18.4 Å². The first-order chi connectivity index (χ1) is 12.2. The Morgan fingerprint density at radius 3 is 2.68 bits per heavy atom. The molecule has 1 aromatic carbocycles. The van der Waals surface area contributed by atoms with Crippen molar-refractivity contribution >= 4 is 17.7 Å². The van der Waals surface area contributed by atoms with E-state index >= 15 is 0 Å². The molecule has 25 heavy (non-hydrogen) atoms. The summed E-state index contributed by atoms with van der Waals surface area (Å²) in [5.41, 5.74) is 2.91.